The molecule has 1 aliphatic heterocycles. The van der Waals surface area contributed by atoms with Crippen LogP contribution in [0.3, 0.4) is 0 Å². The third-order valence-electron chi connectivity index (χ3n) is 5.86. The summed E-state index contributed by atoms with van der Waals surface area (Å²) < 4.78 is 2.06. The number of anilines is 1. The highest BCUT2D eigenvalue weighted by atomic mass is 35.5. The number of piperazine rings is 1. The Morgan fingerprint density at radius 1 is 1.06 bits per heavy atom. The van der Waals surface area contributed by atoms with Crippen LogP contribution in [0.2, 0.25) is 5.02 Å². The number of amides is 1. The van der Waals surface area contributed by atoms with Crippen molar-refractivity contribution < 1.29 is 4.79 Å². The Morgan fingerprint density at radius 2 is 1.77 bits per heavy atom. The number of aromatic nitrogens is 2. The van der Waals surface area contributed by atoms with Crippen molar-refractivity contribution in [1.29, 1.82) is 5.26 Å². The molecule has 1 fully saturated rings. The summed E-state index contributed by atoms with van der Waals surface area (Å²) in [5.41, 5.74) is 4.53. The predicted molar refractivity (Wildman–Crippen MR) is 122 cm³/mol. The van der Waals surface area contributed by atoms with Gasteiger partial charge in [-0.1, -0.05) is 35.9 Å². The Morgan fingerprint density at radius 3 is 2.52 bits per heavy atom. The van der Waals surface area contributed by atoms with Gasteiger partial charge < -0.3 is 9.80 Å². The van der Waals surface area contributed by atoms with Crippen LogP contribution in [0.5, 0.6) is 0 Å². The van der Waals surface area contributed by atoms with E-state index in [2.05, 4.69) is 15.4 Å². The van der Waals surface area contributed by atoms with Crippen LogP contribution in [-0.4, -0.2) is 46.4 Å². The molecule has 0 unspecified atom stereocenters. The summed E-state index contributed by atoms with van der Waals surface area (Å²) in [7, 11) is 0. The predicted octanol–water partition coefficient (Wildman–Crippen LogP) is 4.28. The number of carbonyl (C=O) groups excluding carboxylic acids is 1. The average Bonchev–Trinajstić information content (AvgIpc) is 3.18. The number of pyridine rings is 1. The third-order valence-corrected chi connectivity index (χ3v) is 6.19. The molecule has 0 N–H and O–H groups in total. The average molecular weight is 430 g/mol. The van der Waals surface area contributed by atoms with E-state index in [9.17, 15) is 10.1 Å². The van der Waals surface area contributed by atoms with Gasteiger partial charge >= 0.3 is 0 Å². The Labute approximate surface area is 184 Å². The summed E-state index contributed by atoms with van der Waals surface area (Å²) in [6, 6.07) is 19.4. The van der Waals surface area contributed by atoms with Crippen LogP contribution in [-0.2, 0) is 0 Å². The molecule has 2 aromatic carbocycles. The summed E-state index contributed by atoms with van der Waals surface area (Å²) in [5.74, 6) is 0.949. The minimum absolute atomic E-state index is 0.0421. The van der Waals surface area contributed by atoms with E-state index in [1.54, 1.807) is 12.1 Å². The largest absolute Gasteiger partial charge is 0.354 e. The molecule has 6 nitrogen and oxygen atoms in total. The number of halogens is 1. The first kappa shape index (κ1) is 19.4. The maximum absolute atomic E-state index is 12.9. The molecule has 31 heavy (non-hydrogen) atoms. The Balaban J connectivity index is 1.50. The fourth-order valence-electron chi connectivity index (χ4n) is 4.25. The van der Waals surface area contributed by atoms with Crippen molar-refractivity contribution in [2.24, 2.45) is 0 Å². The van der Waals surface area contributed by atoms with E-state index in [0.717, 1.165) is 22.4 Å². The molecular formula is C24H20ClN5O. The summed E-state index contributed by atoms with van der Waals surface area (Å²) in [6.45, 7) is 4.50. The maximum atomic E-state index is 12.9. The van der Waals surface area contributed by atoms with Gasteiger partial charge in [-0.05, 0) is 42.8 Å². The van der Waals surface area contributed by atoms with Crippen LogP contribution < -0.4 is 4.90 Å². The number of hydrogen-bond donors (Lipinski definition) is 0. The second-order valence-corrected chi connectivity index (χ2v) is 8.10. The molecule has 5 rings (SSSR count). The molecule has 4 aromatic rings. The molecule has 0 spiro atoms. The van der Waals surface area contributed by atoms with Crippen LogP contribution in [0.4, 0.5) is 5.82 Å². The fraction of sp³-hybridized carbons (Fsp3) is 0.208. The van der Waals surface area contributed by atoms with Crippen molar-refractivity contribution in [1.82, 2.24) is 14.3 Å². The van der Waals surface area contributed by atoms with E-state index in [-0.39, 0.29) is 5.91 Å². The number of benzene rings is 2. The van der Waals surface area contributed by atoms with Crippen LogP contribution in [0.1, 0.15) is 21.5 Å². The molecule has 7 heteroatoms. The fourth-order valence-corrected chi connectivity index (χ4v) is 4.46. The number of imidazole rings is 1. The van der Waals surface area contributed by atoms with Gasteiger partial charge in [-0.2, -0.15) is 5.26 Å². The van der Waals surface area contributed by atoms with E-state index in [1.807, 2.05) is 54.3 Å². The van der Waals surface area contributed by atoms with E-state index in [4.69, 9.17) is 16.6 Å². The number of nitrogens with zero attached hydrogens (tertiary/aromatic N) is 5. The summed E-state index contributed by atoms with van der Waals surface area (Å²) >= 11 is 6.22. The Hall–Kier alpha value is -3.56. The molecule has 1 saturated heterocycles. The number of rotatable bonds is 2. The topological polar surface area (TPSA) is 64.6 Å². The van der Waals surface area contributed by atoms with E-state index in [1.165, 1.54) is 0 Å². The molecular weight excluding hydrogens is 410 g/mol. The molecule has 1 amide bonds. The summed E-state index contributed by atoms with van der Waals surface area (Å²) in [4.78, 5) is 21.7. The van der Waals surface area contributed by atoms with Gasteiger partial charge in [-0.3, -0.25) is 9.20 Å². The minimum Gasteiger partial charge on any atom is -0.354 e. The van der Waals surface area contributed by atoms with Gasteiger partial charge in [-0.25, -0.2) is 4.98 Å². The lowest BCUT2D eigenvalue weighted by molar-refractivity contribution is 0.0746. The highest BCUT2D eigenvalue weighted by molar-refractivity contribution is 6.33. The summed E-state index contributed by atoms with van der Waals surface area (Å²) in [5, 5.41) is 10.2. The number of nitriles is 1. The molecule has 0 radical (unpaired) electrons. The smallest absolute Gasteiger partial charge is 0.255 e. The Bertz CT molecular complexity index is 1360. The molecule has 154 valence electrons. The van der Waals surface area contributed by atoms with E-state index in [0.29, 0.717) is 48.0 Å². The molecule has 3 heterocycles. The molecule has 0 atom stereocenters. The SMILES string of the molecule is Cc1cc(N2CCN(C(=O)c3ccccc3Cl)CC2)n2c(nc3ccccc32)c1C#N. The number of aryl methyl sites for hydroxylation is 1. The first-order chi connectivity index (χ1) is 15.1. The van der Waals surface area contributed by atoms with Gasteiger partial charge in [-0.15, -0.1) is 0 Å². The summed E-state index contributed by atoms with van der Waals surface area (Å²) in [6.07, 6.45) is 0. The van der Waals surface area contributed by atoms with Gasteiger partial charge in [0, 0.05) is 26.2 Å². The lowest BCUT2D eigenvalue weighted by atomic mass is 10.1. The van der Waals surface area contributed by atoms with Gasteiger partial charge in [0.15, 0.2) is 5.65 Å². The van der Waals surface area contributed by atoms with Crippen LogP contribution in [0.25, 0.3) is 16.7 Å². The third kappa shape index (κ3) is 3.18. The monoisotopic (exact) mass is 429 g/mol. The standard InChI is InChI=1S/C24H20ClN5O/c1-16-14-22(30-21-9-5-4-8-20(21)27-23(30)18(16)15-26)28-10-12-29(13-11-28)24(31)17-6-2-3-7-19(17)25/h2-9,14H,10-13H2,1H3. The van der Waals surface area contributed by atoms with Crippen molar-refractivity contribution in [3.8, 4) is 6.07 Å². The van der Waals surface area contributed by atoms with Gasteiger partial charge in [0.2, 0.25) is 0 Å². The quantitative estimate of drug-likeness (QED) is 0.477. The van der Waals surface area contributed by atoms with Crippen LogP contribution >= 0.6 is 11.6 Å². The molecule has 0 aliphatic carbocycles. The zero-order valence-corrected chi connectivity index (χ0v) is 17.8. The second-order valence-electron chi connectivity index (χ2n) is 7.69. The van der Waals surface area contributed by atoms with Crippen molar-refractivity contribution in [2.75, 3.05) is 31.1 Å². The second kappa shape index (κ2) is 7.60. The zero-order chi connectivity index (χ0) is 21.5. The number of fused-ring (bicyclic) bond motifs is 3. The minimum atomic E-state index is -0.0421. The van der Waals surface area contributed by atoms with Crippen molar-refractivity contribution in [3.05, 3.63) is 76.3 Å². The molecule has 0 bridgehead atoms. The van der Waals surface area contributed by atoms with Crippen molar-refractivity contribution in [2.45, 2.75) is 6.92 Å². The first-order valence-electron chi connectivity index (χ1n) is 10.2. The van der Waals surface area contributed by atoms with Crippen LogP contribution in [0.15, 0.2) is 54.6 Å². The molecule has 2 aromatic heterocycles. The normalized spacial score (nSPS) is 14.2. The number of carbonyl (C=O) groups is 1. The lowest BCUT2D eigenvalue weighted by Gasteiger charge is -2.36. The first-order valence-corrected chi connectivity index (χ1v) is 10.6. The highest BCUT2D eigenvalue weighted by Crippen LogP contribution is 2.29. The lowest BCUT2D eigenvalue weighted by Crippen LogP contribution is -2.49. The van der Waals surface area contributed by atoms with Crippen molar-refractivity contribution >= 4 is 40.0 Å². The molecule has 1 aliphatic rings. The number of hydrogen-bond acceptors (Lipinski definition) is 4. The number of para-hydroxylation sites is 2. The zero-order valence-electron chi connectivity index (χ0n) is 17.0. The van der Waals surface area contributed by atoms with E-state index < -0.39 is 0 Å². The van der Waals surface area contributed by atoms with Gasteiger partial charge in [0.1, 0.15) is 11.9 Å². The Kier molecular flexibility index (Phi) is 4.76. The van der Waals surface area contributed by atoms with E-state index >= 15 is 0 Å². The maximum Gasteiger partial charge on any atom is 0.255 e. The van der Waals surface area contributed by atoms with Crippen molar-refractivity contribution in [3.63, 3.8) is 0 Å². The van der Waals surface area contributed by atoms with Crippen LogP contribution in [0, 0.1) is 18.3 Å². The highest BCUT2D eigenvalue weighted by Gasteiger charge is 2.26. The molecule has 0 saturated carbocycles. The van der Waals surface area contributed by atoms with Gasteiger partial charge in [0.25, 0.3) is 5.91 Å². The van der Waals surface area contributed by atoms with Gasteiger partial charge in [0.05, 0.1) is 27.2 Å².